The maximum atomic E-state index is 13.0. The largest absolute Gasteiger partial charge is 0.486 e. The van der Waals surface area contributed by atoms with Crippen LogP contribution in [0.15, 0.2) is 53.7 Å². The molecule has 152 valence electrons. The summed E-state index contributed by atoms with van der Waals surface area (Å²) in [5.41, 5.74) is 0.838. The van der Waals surface area contributed by atoms with Crippen molar-refractivity contribution in [2.45, 2.75) is 24.7 Å². The molecule has 0 aliphatic heterocycles. The standard InChI is InChI=1S/C20H20ClFN4O2S/c1-13(14-3-7-16(22)8-4-14)23-19(27)12-29-20-25-24-18(26(20)2)11-28-17-9-5-15(21)6-10-17/h3-10,13H,11-12H2,1-2H3,(H,23,27)/t13-/m0/s1. The maximum Gasteiger partial charge on any atom is 0.230 e. The van der Waals surface area contributed by atoms with Crippen LogP contribution >= 0.6 is 23.4 Å². The fourth-order valence-corrected chi connectivity index (χ4v) is 3.39. The number of hydrogen-bond donors (Lipinski definition) is 1. The molecule has 0 aliphatic carbocycles. The summed E-state index contributed by atoms with van der Waals surface area (Å²) >= 11 is 7.14. The van der Waals surface area contributed by atoms with Gasteiger partial charge in [0.05, 0.1) is 11.8 Å². The molecule has 1 aromatic heterocycles. The molecule has 0 unspecified atom stereocenters. The second-order valence-corrected chi connectivity index (χ2v) is 7.71. The molecule has 1 heterocycles. The SMILES string of the molecule is C[C@H](NC(=O)CSc1nnc(COc2ccc(Cl)cc2)n1C)c1ccc(F)cc1. The normalized spacial score (nSPS) is 11.9. The molecule has 0 saturated carbocycles. The molecule has 0 bridgehead atoms. The molecule has 9 heteroatoms. The number of thioether (sulfide) groups is 1. The smallest absolute Gasteiger partial charge is 0.230 e. The van der Waals surface area contributed by atoms with Crippen LogP contribution in [0.25, 0.3) is 0 Å². The first-order valence-corrected chi connectivity index (χ1v) is 10.2. The van der Waals surface area contributed by atoms with E-state index in [1.165, 1.54) is 23.9 Å². The Morgan fingerprint density at radius 2 is 1.90 bits per heavy atom. The van der Waals surface area contributed by atoms with Crippen LogP contribution in [0.4, 0.5) is 4.39 Å². The Labute approximate surface area is 177 Å². The Morgan fingerprint density at radius 1 is 1.21 bits per heavy atom. The highest BCUT2D eigenvalue weighted by Gasteiger charge is 2.14. The first kappa shape index (κ1) is 21.1. The third-order valence-corrected chi connectivity index (χ3v) is 5.46. The van der Waals surface area contributed by atoms with E-state index in [1.54, 1.807) is 41.0 Å². The zero-order chi connectivity index (χ0) is 20.8. The number of rotatable bonds is 8. The van der Waals surface area contributed by atoms with E-state index in [0.717, 1.165) is 5.56 Å². The molecule has 0 aliphatic rings. The van der Waals surface area contributed by atoms with Crippen molar-refractivity contribution in [2.24, 2.45) is 7.05 Å². The molecular formula is C20H20ClFN4O2S. The van der Waals surface area contributed by atoms with E-state index < -0.39 is 0 Å². The molecule has 2 aromatic carbocycles. The van der Waals surface area contributed by atoms with Crippen LogP contribution in [-0.4, -0.2) is 26.4 Å². The lowest BCUT2D eigenvalue weighted by atomic mass is 10.1. The van der Waals surface area contributed by atoms with Gasteiger partial charge in [0.15, 0.2) is 11.0 Å². The lowest BCUT2D eigenvalue weighted by Gasteiger charge is -2.14. The minimum absolute atomic E-state index is 0.145. The number of nitrogens with zero attached hydrogens (tertiary/aromatic N) is 3. The lowest BCUT2D eigenvalue weighted by Crippen LogP contribution is -2.28. The molecular weight excluding hydrogens is 415 g/mol. The monoisotopic (exact) mass is 434 g/mol. The summed E-state index contributed by atoms with van der Waals surface area (Å²) in [5, 5.41) is 12.4. The lowest BCUT2D eigenvalue weighted by molar-refractivity contribution is -0.119. The maximum absolute atomic E-state index is 13.0. The number of hydrogen-bond acceptors (Lipinski definition) is 5. The fraction of sp³-hybridized carbons (Fsp3) is 0.250. The van der Waals surface area contributed by atoms with Crippen molar-refractivity contribution in [1.82, 2.24) is 20.1 Å². The molecule has 3 aromatic rings. The van der Waals surface area contributed by atoms with Gasteiger partial charge in [-0.1, -0.05) is 35.5 Å². The van der Waals surface area contributed by atoms with Gasteiger partial charge in [-0.3, -0.25) is 4.79 Å². The van der Waals surface area contributed by atoms with Gasteiger partial charge in [0, 0.05) is 12.1 Å². The topological polar surface area (TPSA) is 69.0 Å². The summed E-state index contributed by atoms with van der Waals surface area (Å²) in [6.07, 6.45) is 0. The van der Waals surface area contributed by atoms with E-state index in [9.17, 15) is 9.18 Å². The molecule has 29 heavy (non-hydrogen) atoms. The van der Waals surface area contributed by atoms with Crippen LogP contribution in [0.1, 0.15) is 24.4 Å². The van der Waals surface area contributed by atoms with Crippen LogP contribution in [-0.2, 0) is 18.4 Å². The molecule has 1 N–H and O–H groups in total. The number of benzene rings is 2. The summed E-state index contributed by atoms with van der Waals surface area (Å²) in [7, 11) is 1.82. The number of carbonyl (C=O) groups excluding carboxylic acids is 1. The summed E-state index contributed by atoms with van der Waals surface area (Å²) in [6.45, 7) is 2.10. The number of aromatic nitrogens is 3. The van der Waals surface area contributed by atoms with Crippen molar-refractivity contribution in [3.05, 3.63) is 70.8 Å². The third-order valence-electron chi connectivity index (χ3n) is 4.19. The van der Waals surface area contributed by atoms with E-state index >= 15 is 0 Å². The Kier molecular flexibility index (Phi) is 7.11. The van der Waals surface area contributed by atoms with Crippen molar-refractivity contribution < 1.29 is 13.9 Å². The van der Waals surface area contributed by atoms with E-state index in [0.29, 0.717) is 21.8 Å². The van der Waals surface area contributed by atoms with Gasteiger partial charge >= 0.3 is 0 Å². The van der Waals surface area contributed by atoms with E-state index in [-0.39, 0.29) is 30.1 Å². The quantitative estimate of drug-likeness (QED) is 0.539. The number of amides is 1. The Morgan fingerprint density at radius 3 is 2.59 bits per heavy atom. The van der Waals surface area contributed by atoms with Crippen molar-refractivity contribution in [3.8, 4) is 5.75 Å². The molecule has 0 spiro atoms. The van der Waals surface area contributed by atoms with E-state index in [1.807, 2.05) is 14.0 Å². The first-order chi connectivity index (χ1) is 13.9. The van der Waals surface area contributed by atoms with Gasteiger partial charge < -0.3 is 14.6 Å². The Hall–Kier alpha value is -2.58. The number of carbonyl (C=O) groups is 1. The molecule has 3 rings (SSSR count). The van der Waals surface area contributed by atoms with Gasteiger partial charge in [-0.25, -0.2) is 4.39 Å². The van der Waals surface area contributed by atoms with Crippen molar-refractivity contribution in [2.75, 3.05) is 5.75 Å². The van der Waals surface area contributed by atoms with Crippen LogP contribution in [0, 0.1) is 5.82 Å². The summed E-state index contributed by atoms with van der Waals surface area (Å²) in [4.78, 5) is 12.2. The predicted octanol–water partition coefficient (Wildman–Crippen LogP) is 4.16. The highest BCUT2D eigenvalue weighted by molar-refractivity contribution is 7.99. The second kappa shape index (κ2) is 9.76. The predicted molar refractivity (Wildman–Crippen MR) is 110 cm³/mol. The average Bonchev–Trinajstić information content (AvgIpc) is 3.06. The van der Waals surface area contributed by atoms with E-state index in [4.69, 9.17) is 16.3 Å². The first-order valence-electron chi connectivity index (χ1n) is 8.86. The average molecular weight is 435 g/mol. The van der Waals surface area contributed by atoms with Crippen LogP contribution < -0.4 is 10.1 Å². The van der Waals surface area contributed by atoms with Crippen LogP contribution in [0.2, 0.25) is 5.02 Å². The van der Waals surface area contributed by atoms with Crippen molar-refractivity contribution in [1.29, 1.82) is 0 Å². The zero-order valence-electron chi connectivity index (χ0n) is 15.9. The Bertz CT molecular complexity index is 964. The van der Waals surface area contributed by atoms with Gasteiger partial charge in [-0.05, 0) is 48.9 Å². The molecule has 0 fully saturated rings. The molecule has 6 nitrogen and oxygen atoms in total. The summed E-state index contributed by atoms with van der Waals surface area (Å²) < 4.78 is 20.5. The number of halogens is 2. The van der Waals surface area contributed by atoms with Crippen LogP contribution in [0.3, 0.4) is 0 Å². The fourth-order valence-electron chi connectivity index (χ4n) is 2.52. The number of nitrogens with one attached hydrogen (secondary N) is 1. The summed E-state index contributed by atoms with van der Waals surface area (Å²) in [6, 6.07) is 12.9. The highest BCUT2D eigenvalue weighted by atomic mass is 35.5. The molecule has 0 radical (unpaired) electrons. The van der Waals surface area contributed by atoms with Gasteiger partial charge in [-0.15, -0.1) is 10.2 Å². The van der Waals surface area contributed by atoms with Crippen LogP contribution in [0.5, 0.6) is 5.75 Å². The second-order valence-electron chi connectivity index (χ2n) is 6.33. The molecule has 1 atom stereocenters. The van der Waals surface area contributed by atoms with Gasteiger partial charge in [-0.2, -0.15) is 0 Å². The minimum atomic E-state index is -0.305. The minimum Gasteiger partial charge on any atom is -0.486 e. The molecule has 0 saturated heterocycles. The number of ether oxygens (including phenoxy) is 1. The Balaban J connectivity index is 1.49. The zero-order valence-corrected chi connectivity index (χ0v) is 17.5. The van der Waals surface area contributed by atoms with Crippen molar-refractivity contribution >= 4 is 29.3 Å². The van der Waals surface area contributed by atoms with E-state index in [2.05, 4.69) is 15.5 Å². The molecule has 1 amide bonds. The van der Waals surface area contributed by atoms with Crippen molar-refractivity contribution in [3.63, 3.8) is 0 Å². The highest BCUT2D eigenvalue weighted by Crippen LogP contribution is 2.19. The summed E-state index contributed by atoms with van der Waals surface area (Å²) in [5.74, 6) is 1.06. The van der Waals surface area contributed by atoms with Gasteiger partial charge in [0.1, 0.15) is 18.2 Å². The third kappa shape index (κ3) is 5.95. The van der Waals surface area contributed by atoms with Gasteiger partial charge in [0.25, 0.3) is 0 Å². The van der Waals surface area contributed by atoms with Gasteiger partial charge in [0.2, 0.25) is 5.91 Å².